The van der Waals surface area contributed by atoms with Crippen molar-refractivity contribution in [2.45, 2.75) is 19.4 Å². The minimum absolute atomic E-state index is 0.0492. The van der Waals surface area contributed by atoms with Gasteiger partial charge in [-0.2, -0.15) is 0 Å². The number of fused-ring (bicyclic) bond motifs is 1. The summed E-state index contributed by atoms with van der Waals surface area (Å²) in [7, 11) is 1.58. The Labute approximate surface area is 123 Å². The first-order chi connectivity index (χ1) is 10.0. The van der Waals surface area contributed by atoms with Crippen LogP contribution in [0.3, 0.4) is 0 Å². The van der Waals surface area contributed by atoms with E-state index >= 15 is 0 Å². The lowest BCUT2D eigenvalue weighted by atomic mass is 10.1. The van der Waals surface area contributed by atoms with E-state index < -0.39 is 6.04 Å². The number of rotatable bonds is 6. The van der Waals surface area contributed by atoms with Crippen LogP contribution in [-0.4, -0.2) is 38.1 Å². The van der Waals surface area contributed by atoms with E-state index in [1.807, 2.05) is 0 Å². The Bertz CT molecular complexity index is 559. The van der Waals surface area contributed by atoms with Crippen LogP contribution in [0.2, 0.25) is 0 Å². The molecule has 21 heavy (non-hydrogen) atoms. The van der Waals surface area contributed by atoms with E-state index in [-0.39, 0.29) is 11.8 Å². The van der Waals surface area contributed by atoms with E-state index in [1.165, 1.54) is 0 Å². The van der Waals surface area contributed by atoms with Crippen molar-refractivity contribution < 1.29 is 14.3 Å². The van der Waals surface area contributed by atoms with Gasteiger partial charge in [-0.15, -0.1) is 0 Å². The molecule has 1 aliphatic rings. The van der Waals surface area contributed by atoms with Crippen LogP contribution < -0.4 is 21.7 Å². The van der Waals surface area contributed by atoms with Crippen molar-refractivity contribution in [1.82, 2.24) is 5.32 Å². The summed E-state index contributed by atoms with van der Waals surface area (Å²) in [6, 6.07) is 3.07. The van der Waals surface area contributed by atoms with Gasteiger partial charge in [-0.3, -0.25) is 9.59 Å². The number of nitrogens with one attached hydrogen (secondary N) is 3. The maximum Gasteiger partial charge on any atom is 0.242 e. The maximum absolute atomic E-state index is 11.9. The van der Waals surface area contributed by atoms with Gasteiger partial charge < -0.3 is 26.4 Å². The Morgan fingerprint density at radius 3 is 3.00 bits per heavy atom. The number of nitrogen functional groups attached to an aromatic ring is 1. The van der Waals surface area contributed by atoms with E-state index in [4.69, 9.17) is 10.5 Å². The first-order valence-corrected chi connectivity index (χ1v) is 6.76. The molecular formula is C14H20N4O3. The highest BCUT2D eigenvalue weighted by atomic mass is 16.5. The molecule has 1 heterocycles. The SMILES string of the molecule is COCCNC(=O)C(C)Nc1cc2c(cc1N)CC(=O)N2. The molecule has 1 unspecified atom stereocenters. The molecule has 1 aromatic carbocycles. The first kappa shape index (κ1) is 15.1. The van der Waals surface area contributed by atoms with Crippen molar-refractivity contribution in [2.24, 2.45) is 0 Å². The zero-order valence-electron chi connectivity index (χ0n) is 12.2. The average Bonchev–Trinajstić information content (AvgIpc) is 2.78. The largest absolute Gasteiger partial charge is 0.397 e. The number of methoxy groups -OCH3 is 1. The van der Waals surface area contributed by atoms with Gasteiger partial charge in [-0.1, -0.05) is 0 Å². The number of benzene rings is 1. The van der Waals surface area contributed by atoms with Gasteiger partial charge in [-0.25, -0.2) is 0 Å². The molecule has 0 aromatic heterocycles. The summed E-state index contributed by atoms with van der Waals surface area (Å²) < 4.78 is 4.87. The maximum atomic E-state index is 11.9. The van der Waals surface area contributed by atoms with Crippen LogP contribution in [0.5, 0.6) is 0 Å². The standard InChI is InChI=1S/C14H20N4O3/c1-8(14(20)16-3-4-21-2)17-12-7-11-9(5-10(12)15)6-13(19)18-11/h5,7-8,17H,3-4,6,15H2,1-2H3,(H,16,20)(H,18,19). The topological polar surface area (TPSA) is 105 Å². The van der Waals surface area contributed by atoms with Gasteiger partial charge in [0.25, 0.3) is 0 Å². The Morgan fingerprint density at radius 2 is 2.29 bits per heavy atom. The number of hydrogen-bond donors (Lipinski definition) is 4. The first-order valence-electron chi connectivity index (χ1n) is 6.76. The highest BCUT2D eigenvalue weighted by Crippen LogP contribution is 2.31. The van der Waals surface area contributed by atoms with Crippen molar-refractivity contribution >= 4 is 28.9 Å². The molecule has 1 aromatic rings. The normalized spacial score (nSPS) is 14.3. The molecule has 7 heteroatoms. The molecule has 0 bridgehead atoms. The van der Waals surface area contributed by atoms with Crippen LogP contribution in [-0.2, 0) is 20.7 Å². The monoisotopic (exact) mass is 292 g/mol. The number of anilines is 3. The molecule has 0 saturated heterocycles. The zero-order valence-corrected chi connectivity index (χ0v) is 12.2. The highest BCUT2D eigenvalue weighted by Gasteiger charge is 2.20. The Balaban J connectivity index is 2.01. The zero-order chi connectivity index (χ0) is 15.4. The van der Waals surface area contributed by atoms with Gasteiger partial charge in [0, 0.05) is 19.3 Å². The van der Waals surface area contributed by atoms with Crippen molar-refractivity contribution in [3.8, 4) is 0 Å². The minimum atomic E-state index is -0.445. The second kappa shape index (κ2) is 6.45. The van der Waals surface area contributed by atoms with Crippen LogP contribution >= 0.6 is 0 Å². The number of carbonyl (C=O) groups is 2. The van der Waals surface area contributed by atoms with Crippen molar-refractivity contribution in [1.29, 1.82) is 0 Å². The van der Waals surface area contributed by atoms with E-state index in [1.54, 1.807) is 26.2 Å². The molecule has 0 spiro atoms. The van der Waals surface area contributed by atoms with Crippen molar-refractivity contribution in [2.75, 3.05) is 36.6 Å². The fourth-order valence-electron chi connectivity index (χ4n) is 2.15. The number of hydrogen-bond acceptors (Lipinski definition) is 5. The summed E-state index contributed by atoms with van der Waals surface area (Å²) in [5.41, 5.74) is 8.72. The predicted molar refractivity (Wildman–Crippen MR) is 81.2 cm³/mol. The van der Waals surface area contributed by atoms with Gasteiger partial charge in [0.1, 0.15) is 6.04 Å². The molecule has 0 fully saturated rings. The van der Waals surface area contributed by atoms with Crippen molar-refractivity contribution in [3.05, 3.63) is 17.7 Å². The smallest absolute Gasteiger partial charge is 0.242 e. The molecular weight excluding hydrogens is 272 g/mol. The third-order valence-corrected chi connectivity index (χ3v) is 3.27. The van der Waals surface area contributed by atoms with Crippen molar-refractivity contribution in [3.63, 3.8) is 0 Å². The molecule has 5 N–H and O–H groups in total. The van der Waals surface area contributed by atoms with Gasteiger partial charge in [0.15, 0.2) is 0 Å². The Morgan fingerprint density at radius 1 is 1.52 bits per heavy atom. The van der Waals surface area contributed by atoms with Gasteiger partial charge in [-0.05, 0) is 24.6 Å². The lowest BCUT2D eigenvalue weighted by Crippen LogP contribution is -2.39. The molecule has 114 valence electrons. The second-order valence-corrected chi connectivity index (χ2v) is 4.97. The number of ether oxygens (including phenoxy) is 1. The lowest BCUT2D eigenvalue weighted by Gasteiger charge is -2.17. The second-order valence-electron chi connectivity index (χ2n) is 4.97. The number of amides is 2. The molecule has 1 aliphatic heterocycles. The van der Waals surface area contributed by atoms with E-state index in [0.29, 0.717) is 30.9 Å². The van der Waals surface area contributed by atoms with Crippen LogP contribution in [0.1, 0.15) is 12.5 Å². The van der Waals surface area contributed by atoms with Crippen LogP contribution in [0.15, 0.2) is 12.1 Å². The molecule has 7 nitrogen and oxygen atoms in total. The van der Waals surface area contributed by atoms with Crippen LogP contribution in [0.25, 0.3) is 0 Å². The summed E-state index contributed by atoms with van der Waals surface area (Å²) in [4.78, 5) is 23.2. The lowest BCUT2D eigenvalue weighted by molar-refractivity contribution is -0.121. The van der Waals surface area contributed by atoms with Gasteiger partial charge in [0.05, 0.1) is 24.4 Å². The molecule has 1 atom stereocenters. The Hall–Kier alpha value is -2.28. The predicted octanol–water partition coefficient (Wildman–Crippen LogP) is 0.326. The molecule has 2 rings (SSSR count). The fraction of sp³-hybridized carbons (Fsp3) is 0.429. The summed E-state index contributed by atoms with van der Waals surface area (Å²) in [5.74, 6) is -0.192. The summed E-state index contributed by atoms with van der Waals surface area (Å²) in [6.45, 7) is 2.66. The minimum Gasteiger partial charge on any atom is -0.397 e. The number of nitrogens with two attached hydrogens (primary N) is 1. The summed E-state index contributed by atoms with van der Waals surface area (Å²) in [6.07, 6.45) is 0.340. The van der Waals surface area contributed by atoms with Gasteiger partial charge in [0.2, 0.25) is 11.8 Å². The van der Waals surface area contributed by atoms with Crippen LogP contribution in [0, 0.1) is 0 Å². The number of carbonyl (C=O) groups excluding carboxylic acids is 2. The Kier molecular flexibility index (Phi) is 4.64. The fourth-order valence-corrected chi connectivity index (χ4v) is 2.15. The van der Waals surface area contributed by atoms with Crippen LogP contribution in [0.4, 0.5) is 17.1 Å². The quantitative estimate of drug-likeness (QED) is 0.446. The highest BCUT2D eigenvalue weighted by molar-refractivity contribution is 6.01. The average molecular weight is 292 g/mol. The van der Waals surface area contributed by atoms with E-state index in [2.05, 4.69) is 16.0 Å². The summed E-state index contributed by atoms with van der Waals surface area (Å²) in [5, 5.41) is 8.56. The molecule has 0 saturated carbocycles. The van der Waals surface area contributed by atoms with E-state index in [9.17, 15) is 9.59 Å². The molecule has 2 amide bonds. The summed E-state index contributed by atoms with van der Waals surface area (Å²) >= 11 is 0. The molecule has 0 aliphatic carbocycles. The van der Waals surface area contributed by atoms with Gasteiger partial charge >= 0.3 is 0 Å². The van der Waals surface area contributed by atoms with E-state index in [0.717, 1.165) is 11.3 Å². The molecule has 0 radical (unpaired) electrons. The third-order valence-electron chi connectivity index (χ3n) is 3.27. The third kappa shape index (κ3) is 3.63.